The maximum atomic E-state index is 13.7. The van der Waals surface area contributed by atoms with Gasteiger partial charge in [0.25, 0.3) is 5.91 Å². The van der Waals surface area contributed by atoms with Gasteiger partial charge in [0.2, 0.25) is 0 Å². The van der Waals surface area contributed by atoms with E-state index < -0.39 is 11.4 Å². The van der Waals surface area contributed by atoms with E-state index in [1.807, 2.05) is 36.4 Å². The lowest BCUT2D eigenvalue weighted by atomic mass is 9.98. The van der Waals surface area contributed by atoms with E-state index in [1.54, 1.807) is 43.0 Å². The molecular formula is C28H28N8O3. The number of ether oxygens (including phenoxy) is 1. The number of nitrogen functional groups attached to an aromatic ring is 1. The molecule has 1 atom stereocenters. The second-order valence-corrected chi connectivity index (χ2v) is 10.0. The highest BCUT2D eigenvalue weighted by molar-refractivity contribution is 5.98. The van der Waals surface area contributed by atoms with Gasteiger partial charge in [-0.25, -0.2) is 14.8 Å². The molecule has 1 aliphatic rings. The summed E-state index contributed by atoms with van der Waals surface area (Å²) in [5.41, 5.74) is 12.3. The van der Waals surface area contributed by atoms with Gasteiger partial charge in [0.15, 0.2) is 11.5 Å². The van der Waals surface area contributed by atoms with Crippen molar-refractivity contribution in [3.05, 3.63) is 83.1 Å². The number of nitrogens with two attached hydrogens (primary N) is 2. The van der Waals surface area contributed by atoms with Crippen LogP contribution in [0.5, 0.6) is 11.5 Å². The normalized spacial score (nSPS) is 15.6. The van der Waals surface area contributed by atoms with Crippen molar-refractivity contribution < 1.29 is 9.53 Å². The number of para-hydroxylation sites is 1. The maximum Gasteiger partial charge on any atom is 0.335 e. The largest absolute Gasteiger partial charge is 0.457 e. The third kappa shape index (κ3) is 5.10. The first-order valence-corrected chi connectivity index (χ1v) is 12.4. The predicted molar refractivity (Wildman–Crippen MR) is 146 cm³/mol. The molecule has 4 N–H and O–H groups in total. The minimum Gasteiger partial charge on any atom is -0.457 e. The highest BCUT2D eigenvalue weighted by Crippen LogP contribution is 2.27. The summed E-state index contributed by atoms with van der Waals surface area (Å²) < 4.78 is 8.82. The number of aromatic nitrogens is 4. The molecule has 2 aromatic carbocycles. The van der Waals surface area contributed by atoms with E-state index >= 15 is 0 Å². The number of nitriles is 1. The van der Waals surface area contributed by atoms with Crippen LogP contribution in [0.3, 0.4) is 0 Å². The number of rotatable bonds is 7. The monoisotopic (exact) mass is 524 g/mol. The standard InChI is InChI=1S/C28H28N8O3/c1-28(2,31)14-18(15-29)26(37)34-13-12-20(34)16-35-25-23(24(30)32-17-33-25)36(27(35)38)19-8-10-22(11-9-19)39-21-6-4-3-5-7-21/h3-11,14,17,20H,12-13,16,31H2,1-2H3,(H2,30,32,33)/t20-/m0/s1. The Morgan fingerprint density at radius 1 is 1.15 bits per heavy atom. The number of benzene rings is 2. The number of amides is 1. The Morgan fingerprint density at radius 3 is 2.46 bits per heavy atom. The van der Waals surface area contributed by atoms with E-state index in [1.165, 1.54) is 21.5 Å². The van der Waals surface area contributed by atoms with Gasteiger partial charge in [-0.2, -0.15) is 5.26 Å². The molecule has 11 nitrogen and oxygen atoms in total. The highest BCUT2D eigenvalue weighted by Gasteiger charge is 2.36. The fraction of sp³-hybridized carbons (Fsp3) is 0.250. The highest BCUT2D eigenvalue weighted by atomic mass is 16.5. The summed E-state index contributed by atoms with van der Waals surface area (Å²) in [5.74, 6) is 1.05. The number of carbonyl (C=O) groups is 1. The summed E-state index contributed by atoms with van der Waals surface area (Å²) in [6.45, 7) is 4.08. The molecule has 4 aromatic rings. The summed E-state index contributed by atoms with van der Waals surface area (Å²) in [7, 11) is 0. The number of likely N-dealkylation sites (tertiary alicyclic amines) is 1. The molecule has 0 spiro atoms. The van der Waals surface area contributed by atoms with E-state index in [-0.39, 0.29) is 29.7 Å². The molecule has 1 saturated heterocycles. The summed E-state index contributed by atoms with van der Waals surface area (Å²) in [6.07, 6.45) is 3.43. The SMILES string of the molecule is CC(C)(N)C=C(C#N)C(=O)N1CC[C@H]1Cn1c(=O)n(-c2ccc(Oc3ccccc3)cc2)c2c(N)ncnc21. The fourth-order valence-corrected chi connectivity index (χ4v) is 4.57. The second kappa shape index (κ2) is 10.1. The van der Waals surface area contributed by atoms with Gasteiger partial charge in [-0.05, 0) is 62.7 Å². The maximum absolute atomic E-state index is 13.7. The molecule has 0 unspecified atom stereocenters. The topological polar surface area (TPSA) is 158 Å². The van der Waals surface area contributed by atoms with Crippen molar-refractivity contribution in [3.8, 4) is 23.3 Å². The molecule has 0 aliphatic carbocycles. The van der Waals surface area contributed by atoms with Crippen molar-refractivity contribution in [2.24, 2.45) is 5.73 Å². The zero-order valence-corrected chi connectivity index (χ0v) is 21.6. The number of fused-ring (bicyclic) bond motifs is 1. The van der Waals surface area contributed by atoms with Crippen molar-refractivity contribution >= 4 is 22.9 Å². The first kappa shape index (κ1) is 25.7. The van der Waals surface area contributed by atoms with Crippen LogP contribution < -0.4 is 21.9 Å². The van der Waals surface area contributed by atoms with E-state index in [2.05, 4.69) is 9.97 Å². The molecule has 1 amide bonds. The van der Waals surface area contributed by atoms with Crippen LogP contribution in [0.2, 0.25) is 0 Å². The Balaban J connectivity index is 1.47. The van der Waals surface area contributed by atoms with Crippen molar-refractivity contribution in [3.63, 3.8) is 0 Å². The molecule has 0 radical (unpaired) electrons. The quantitative estimate of drug-likeness (QED) is 0.276. The number of hydrogen-bond acceptors (Lipinski definition) is 8. The summed E-state index contributed by atoms with van der Waals surface area (Å²) >= 11 is 0. The molecule has 39 heavy (non-hydrogen) atoms. The first-order valence-electron chi connectivity index (χ1n) is 12.4. The average molecular weight is 525 g/mol. The van der Waals surface area contributed by atoms with E-state index in [9.17, 15) is 14.9 Å². The summed E-state index contributed by atoms with van der Waals surface area (Å²) in [4.78, 5) is 36.8. The van der Waals surface area contributed by atoms with Gasteiger partial charge < -0.3 is 21.1 Å². The number of hydrogen-bond donors (Lipinski definition) is 2. The Labute approximate surface area is 224 Å². The van der Waals surface area contributed by atoms with Crippen molar-refractivity contribution in [2.45, 2.75) is 38.4 Å². The van der Waals surface area contributed by atoms with Crippen LogP contribution in [0, 0.1) is 11.3 Å². The Hall–Kier alpha value is -4.95. The lowest BCUT2D eigenvalue weighted by molar-refractivity contribution is -0.134. The molecule has 3 heterocycles. The van der Waals surface area contributed by atoms with Gasteiger partial charge in [-0.15, -0.1) is 0 Å². The number of imidazole rings is 1. The minimum absolute atomic E-state index is 0.0219. The van der Waals surface area contributed by atoms with E-state index in [4.69, 9.17) is 16.2 Å². The van der Waals surface area contributed by atoms with Crippen molar-refractivity contribution in [1.82, 2.24) is 24.0 Å². The molecule has 2 aromatic heterocycles. The summed E-state index contributed by atoms with van der Waals surface area (Å²) in [6, 6.07) is 18.1. The zero-order chi connectivity index (χ0) is 27.7. The Bertz CT molecular complexity index is 1660. The van der Waals surface area contributed by atoms with Crippen LogP contribution in [-0.2, 0) is 11.3 Å². The van der Waals surface area contributed by atoms with Crippen LogP contribution in [0.25, 0.3) is 16.9 Å². The molecule has 198 valence electrons. The van der Waals surface area contributed by atoms with Gasteiger partial charge in [0.1, 0.15) is 35.0 Å². The zero-order valence-electron chi connectivity index (χ0n) is 21.6. The van der Waals surface area contributed by atoms with Gasteiger partial charge in [-0.1, -0.05) is 18.2 Å². The number of anilines is 1. The van der Waals surface area contributed by atoms with Gasteiger partial charge in [-0.3, -0.25) is 13.9 Å². The van der Waals surface area contributed by atoms with Gasteiger partial charge in [0.05, 0.1) is 11.7 Å². The van der Waals surface area contributed by atoms with E-state index in [0.717, 1.165) is 0 Å². The van der Waals surface area contributed by atoms with Crippen LogP contribution in [0.1, 0.15) is 20.3 Å². The van der Waals surface area contributed by atoms with E-state index in [0.29, 0.717) is 41.3 Å². The second-order valence-electron chi connectivity index (χ2n) is 10.0. The average Bonchev–Trinajstić information content (AvgIpc) is 3.17. The van der Waals surface area contributed by atoms with Crippen LogP contribution in [-0.4, -0.2) is 48.0 Å². The van der Waals surface area contributed by atoms with Crippen LogP contribution >= 0.6 is 0 Å². The van der Waals surface area contributed by atoms with Gasteiger partial charge in [0, 0.05) is 18.6 Å². The molecular weight excluding hydrogens is 496 g/mol. The first-order chi connectivity index (χ1) is 18.7. The van der Waals surface area contributed by atoms with Crippen molar-refractivity contribution in [1.29, 1.82) is 5.26 Å². The molecule has 1 aliphatic heterocycles. The smallest absolute Gasteiger partial charge is 0.335 e. The third-order valence-electron chi connectivity index (χ3n) is 6.47. The van der Waals surface area contributed by atoms with Crippen molar-refractivity contribution in [2.75, 3.05) is 12.3 Å². The Kier molecular flexibility index (Phi) is 6.64. The third-order valence-corrected chi connectivity index (χ3v) is 6.47. The fourth-order valence-electron chi connectivity index (χ4n) is 4.57. The predicted octanol–water partition coefficient (Wildman–Crippen LogP) is 2.74. The lowest BCUT2D eigenvalue weighted by Gasteiger charge is -2.41. The number of nitrogens with zero attached hydrogens (tertiary/aromatic N) is 6. The lowest BCUT2D eigenvalue weighted by Crippen LogP contribution is -2.54. The molecule has 11 heteroatoms. The molecule has 5 rings (SSSR count). The molecule has 0 saturated carbocycles. The number of carbonyl (C=O) groups excluding carboxylic acids is 1. The van der Waals surface area contributed by atoms with Crippen LogP contribution in [0.15, 0.2) is 77.4 Å². The van der Waals surface area contributed by atoms with Gasteiger partial charge >= 0.3 is 5.69 Å². The Morgan fingerprint density at radius 2 is 1.85 bits per heavy atom. The molecule has 0 bridgehead atoms. The van der Waals surface area contributed by atoms with Crippen LogP contribution in [0.4, 0.5) is 5.82 Å². The summed E-state index contributed by atoms with van der Waals surface area (Å²) in [5, 5.41) is 9.53. The molecule has 1 fully saturated rings. The minimum atomic E-state index is -0.818.